The molecule has 6 heteroatoms. The average molecular weight is 321 g/mol. The van der Waals surface area contributed by atoms with E-state index in [9.17, 15) is 8.42 Å². The predicted octanol–water partition coefficient (Wildman–Crippen LogP) is 2.64. The number of unbranched alkanes of at least 4 members (excludes halogenated alkanes) is 2. The molecule has 0 bridgehead atoms. The summed E-state index contributed by atoms with van der Waals surface area (Å²) in [5.41, 5.74) is 6.53. The molecule has 0 atom stereocenters. The Morgan fingerprint density at radius 1 is 1.10 bits per heavy atom. The van der Waals surface area contributed by atoms with E-state index in [1.165, 1.54) is 0 Å². The Labute approximate surface area is 128 Å². The molecule has 0 spiro atoms. The summed E-state index contributed by atoms with van der Waals surface area (Å²) in [6.45, 7) is 5.29. The fourth-order valence-corrected chi connectivity index (χ4v) is 2.84. The zero-order valence-corrected chi connectivity index (χ0v) is 13.8. The molecular formula is C14H25ClN2O2S. The second-order valence-corrected chi connectivity index (χ2v) is 6.74. The summed E-state index contributed by atoms with van der Waals surface area (Å²) >= 11 is 0. The third kappa shape index (κ3) is 6.22. The van der Waals surface area contributed by atoms with Crippen LogP contribution in [-0.2, 0) is 10.0 Å². The first-order valence-corrected chi connectivity index (χ1v) is 8.25. The molecule has 1 aromatic rings. The molecule has 3 N–H and O–H groups in total. The first-order valence-electron chi connectivity index (χ1n) is 6.77. The number of benzene rings is 1. The van der Waals surface area contributed by atoms with E-state index in [2.05, 4.69) is 18.6 Å². The van der Waals surface area contributed by atoms with Crippen molar-refractivity contribution in [2.45, 2.75) is 43.9 Å². The molecule has 0 aliphatic heterocycles. The first-order chi connectivity index (χ1) is 8.97. The monoisotopic (exact) mass is 320 g/mol. The second-order valence-electron chi connectivity index (χ2n) is 4.97. The summed E-state index contributed by atoms with van der Waals surface area (Å²) in [6, 6.07) is 7.07. The Hall–Kier alpha value is -0.620. The highest BCUT2D eigenvalue weighted by molar-refractivity contribution is 7.89. The Morgan fingerprint density at radius 2 is 1.70 bits per heavy atom. The average Bonchev–Trinajstić information content (AvgIpc) is 2.38. The number of hydrogen-bond acceptors (Lipinski definition) is 3. The summed E-state index contributed by atoms with van der Waals surface area (Å²) < 4.78 is 26.6. The number of nitrogens with one attached hydrogen (secondary N) is 1. The molecule has 0 radical (unpaired) electrons. The van der Waals surface area contributed by atoms with Crippen LogP contribution in [-0.4, -0.2) is 21.5 Å². The molecule has 0 heterocycles. The van der Waals surface area contributed by atoms with Crippen LogP contribution in [0.1, 0.15) is 44.6 Å². The molecule has 0 saturated heterocycles. The van der Waals surface area contributed by atoms with Gasteiger partial charge in [0.15, 0.2) is 0 Å². The fourth-order valence-electron chi connectivity index (χ4n) is 1.77. The van der Waals surface area contributed by atoms with E-state index in [1.807, 2.05) is 12.1 Å². The van der Waals surface area contributed by atoms with Gasteiger partial charge in [-0.3, -0.25) is 0 Å². The van der Waals surface area contributed by atoms with Crippen LogP contribution in [0.15, 0.2) is 29.2 Å². The molecular weight excluding hydrogens is 296 g/mol. The summed E-state index contributed by atoms with van der Waals surface area (Å²) in [5, 5.41) is 0. The zero-order valence-electron chi connectivity index (χ0n) is 12.1. The van der Waals surface area contributed by atoms with Gasteiger partial charge in [-0.2, -0.15) is 0 Å². The van der Waals surface area contributed by atoms with E-state index in [0.717, 1.165) is 24.8 Å². The van der Waals surface area contributed by atoms with Crippen molar-refractivity contribution in [3.05, 3.63) is 29.8 Å². The minimum Gasteiger partial charge on any atom is -0.330 e. The van der Waals surface area contributed by atoms with E-state index < -0.39 is 10.0 Å². The highest BCUT2D eigenvalue weighted by Gasteiger charge is 2.13. The molecule has 20 heavy (non-hydrogen) atoms. The second kappa shape index (κ2) is 9.34. The molecule has 0 fully saturated rings. The van der Waals surface area contributed by atoms with Gasteiger partial charge in [0.25, 0.3) is 0 Å². The first kappa shape index (κ1) is 19.4. The maximum atomic E-state index is 12.0. The SMILES string of the molecule is CC(C)c1ccc(S(=O)(=O)NCCCCCN)cc1.Cl. The van der Waals surface area contributed by atoms with E-state index in [4.69, 9.17) is 5.73 Å². The van der Waals surface area contributed by atoms with Crippen LogP contribution in [0.2, 0.25) is 0 Å². The molecule has 0 aliphatic rings. The normalized spacial score (nSPS) is 11.4. The smallest absolute Gasteiger partial charge is 0.240 e. The lowest BCUT2D eigenvalue weighted by Crippen LogP contribution is -2.24. The molecule has 116 valence electrons. The number of halogens is 1. The Balaban J connectivity index is 0.00000361. The molecule has 0 aromatic heterocycles. The van der Waals surface area contributed by atoms with Crippen molar-refractivity contribution in [3.8, 4) is 0 Å². The van der Waals surface area contributed by atoms with Crippen molar-refractivity contribution >= 4 is 22.4 Å². The molecule has 4 nitrogen and oxygen atoms in total. The fraction of sp³-hybridized carbons (Fsp3) is 0.571. The van der Waals surface area contributed by atoms with Gasteiger partial charge in [0, 0.05) is 6.54 Å². The van der Waals surface area contributed by atoms with Crippen LogP contribution in [0.4, 0.5) is 0 Å². The Morgan fingerprint density at radius 3 is 2.20 bits per heavy atom. The minimum atomic E-state index is -3.37. The van der Waals surface area contributed by atoms with Gasteiger partial charge in [-0.1, -0.05) is 32.4 Å². The van der Waals surface area contributed by atoms with Gasteiger partial charge < -0.3 is 5.73 Å². The van der Waals surface area contributed by atoms with Crippen molar-refractivity contribution in [3.63, 3.8) is 0 Å². The maximum Gasteiger partial charge on any atom is 0.240 e. The maximum absolute atomic E-state index is 12.0. The van der Waals surface area contributed by atoms with Crippen molar-refractivity contribution in [1.29, 1.82) is 0 Å². The van der Waals surface area contributed by atoms with Crippen molar-refractivity contribution in [1.82, 2.24) is 4.72 Å². The van der Waals surface area contributed by atoms with Gasteiger partial charge in [-0.15, -0.1) is 12.4 Å². The molecule has 0 unspecified atom stereocenters. The highest BCUT2D eigenvalue weighted by Crippen LogP contribution is 2.17. The number of sulfonamides is 1. The quantitative estimate of drug-likeness (QED) is 0.723. The molecule has 1 aromatic carbocycles. The van der Waals surface area contributed by atoms with E-state index >= 15 is 0 Å². The van der Waals surface area contributed by atoms with Crippen molar-refractivity contribution < 1.29 is 8.42 Å². The summed E-state index contributed by atoms with van der Waals surface area (Å²) in [5.74, 6) is 0.404. The third-order valence-electron chi connectivity index (χ3n) is 3.03. The summed E-state index contributed by atoms with van der Waals surface area (Å²) in [4.78, 5) is 0.329. The molecule has 1 rings (SSSR count). The van der Waals surface area contributed by atoms with Crippen molar-refractivity contribution in [2.24, 2.45) is 5.73 Å². The summed E-state index contributed by atoms with van der Waals surface area (Å²) in [7, 11) is -3.37. The third-order valence-corrected chi connectivity index (χ3v) is 4.51. The predicted molar refractivity (Wildman–Crippen MR) is 85.9 cm³/mol. The van der Waals surface area contributed by atoms with Gasteiger partial charge in [-0.25, -0.2) is 13.1 Å². The topological polar surface area (TPSA) is 72.2 Å². The lowest BCUT2D eigenvalue weighted by Gasteiger charge is -2.09. The lowest BCUT2D eigenvalue weighted by molar-refractivity contribution is 0.575. The zero-order chi connectivity index (χ0) is 14.3. The van der Waals surface area contributed by atoms with E-state index in [1.54, 1.807) is 12.1 Å². The number of nitrogens with two attached hydrogens (primary N) is 1. The van der Waals surface area contributed by atoms with Crippen LogP contribution in [0.5, 0.6) is 0 Å². The van der Waals surface area contributed by atoms with Crippen LogP contribution in [0.3, 0.4) is 0 Å². The largest absolute Gasteiger partial charge is 0.330 e. The van der Waals surface area contributed by atoms with Gasteiger partial charge in [0.05, 0.1) is 4.90 Å². The Bertz CT molecular complexity index is 472. The number of hydrogen-bond donors (Lipinski definition) is 2. The van der Waals surface area contributed by atoms with Crippen LogP contribution < -0.4 is 10.5 Å². The molecule has 0 saturated carbocycles. The molecule has 0 aliphatic carbocycles. The van der Waals surface area contributed by atoms with Gasteiger partial charge in [0.2, 0.25) is 10.0 Å². The standard InChI is InChI=1S/C14H24N2O2S.ClH/c1-12(2)13-6-8-14(9-7-13)19(17,18)16-11-5-3-4-10-15;/h6-9,12,16H,3-5,10-11,15H2,1-2H3;1H. The van der Waals surface area contributed by atoms with Gasteiger partial charge >= 0.3 is 0 Å². The lowest BCUT2D eigenvalue weighted by atomic mass is 10.0. The minimum absolute atomic E-state index is 0. The van der Waals surface area contributed by atoms with E-state index in [-0.39, 0.29) is 12.4 Å². The van der Waals surface area contributed by atoms with Crippen LogP contribution in [0.25, 0.3) is 0 Å². The van der Waals surface area contributed by atoms with Gasteiger partial charge in [0.1, 0.15) is 0 Å². The Kier molecular flexibility index (Phi) is 9.05. The molecule has 0 amide bonds. The van der Waals surface area contributed by atoms with Gasteiger partial charge in [-0.05, 0) is 43.0 Å². The van der Waals surface area contributed by atoms with Crippen LogP contribution >= 0.6 is 12.4 Å². The van der Waals surface area contributed by atoms with E-state index in [0.29, 0.717) is 23.9 Å². The highest BCUT2D eigenvalue weighted by atomic mass is 35.5. The number of rotatable bonds is 8. The van der Waals surface area contributed by atoms with Crippen molar-refractivity contribution in [2.75, 3.05) is 13.1 Å². The van der Waals surface area contributed by atoms with Crippen LogP contribution in [0, 0.1) is 0 Å². The summed E-state index contributed by atoms with van der Waals surface area (Å²) in [6.07, 6.45) is 2.70.